The zero-order valence-electron chi connectivity index (χ0n) is 7.84. The standard InChI is InChI=1S/C10H21N/c1-10(2)8-6-4-3-5-7-9-11/h3-4,10H,5-9,11H2,1-2H3. The van der Waals surface area contributed by atoms with Gasteiger partial charge in [-0.1, -0.05) is 26.0 Å². The lowest BCUT2D eigenvalue weighted by Gasteiger charge is -1.98. The monoisotopic (exact) mass is 155 g/mol. The predicted molar refractivity (Wildman–Crippen MR) is 51.5 cm³/mol. The summed E-state index contributed by atoms with van der Waals surface area (Å²) in [5, 5.41) is 0. The van der Waals surface area contributed by atoms with Gasteiger partial charge in [0.15, 0.2) is 0 Å². The third kappa shape index (κ3) is 9.70. The van der Waals surface area contributed by atoms with E-state index in [4.69, 9.17) is 5.73 Å². The third-order valence-electron chi connectivity index (χ3n) is 1.65. The van der Waals surface area contributed by atoms with Crippen molar-refractivity contribution in [3.8, 4) is 0 Å². The molecule has 0 aliphatic heterocycles. The molecule has 66 valence electrons. The first-order chi connectivity index (χ1) is 5.27. The molecule has 0 aromatic carbocycles. The predicted octanol–water partition coefficient (Wildman–Crippen LogP) is 2.72. The molecule has 1 heteroatoms. The van der Waals surface area contributed by atoms with Crippen molar-refractivity contribution >= 4 is 0 Å². The fourth-order valence-corrected chi connectivity index (χ4v) is 0.901. The summed E-state index contributed by atoms with van der Waals surface area (Å²) in [6, 6.07) is 0. The summed E-state index contributed by atoms with van der Waals surface area (Å²) in [5.41, 5.74) is 5.36. The average molecular weight is 155 g/mol. The number of nitrogens with two attached hydrogens (primary N) is 1. The number of unbranched alkanes of at least 4 members (excludes halogenated alkanes) is 1. The molecule has 0 aromatic rings. The minimum absolute atomic E-state index is 0.814. The second-order valence-electron chi connectivity index (χ2n) is 3.37. The van der Waals surface area contributed by atoms with Crippen LogP contribution in [0.3, 0.4) is 0 Å². The van der Waals surface area contributed by atoms with E-state index < -0.39 is 0 Å². The number of rotatable bonds is 6. The molecule has 0 heterocycles. The first-order valence-electron chi connectivity index (χ1n) is 4.62. The first kappa shape index (κ1) is 10.7. The Kier molecular flexibility index (Phi) is 7.59. The summed E-state index contributed by atoms with van der Waals surface area (Å²) in [7, 11) is 0. The molecule has 0 fully saturated rings. The molecule has 0 saturated carbocycles. The van der Waals surface area contributed by atoms with Crippen molar-refractivity contribution < 1.29 is 0 Å². The molecule has 0 radical (unpaired) electrons. The summed E-state index contributed by atoms with van der Waals surface area (Å²) >= 11 is 0. The van der Waals surface area contributed by atoms with E-state index in [2.05, 4.69) is 26.0 Å². The minimum atomic E-state index is 0.814. The number of allylic oxidation sites excluding steroid dienone is 2. The van der Waals surface area contributed by atoms with Gasteiger partial charge in [-0.2, -0.15) is 0 Å². The topological polar surface area (TPSA) is 26.0 Å². The van der Waals surface area contributed by atoms with Gasteiger partial charge in [-0.3, -0.25) is 0 Å². The van der Waals surface area contributed by atoms with E-state index in [0.29, 0.717) is 0 Å². The summed E-state index contributed by atoms with van der Waals surface area (Å²) in [6.45, 7) is 5.33. The van der Waals surface area contributed by atoms with E-state index in [1.807, 2.05) is 0 Å². The first-order valence-corrected chi connectivity index (χ1v) is 4.62. The van der Waals surface area contributed by atoms with Crippen LogP contribution in [-0.4, -0.2) is 6.54 Å². The second kappa shape index (κ2) is 7.80. The Morgan fingerprint density at radius 2 is 1.82 bits per heavy atom. The zero-order valence-corrected chi connectivity index (χ0v) is 7.84. The lowest BCUT2D eigenvalue weighted by molar-refractivity contribution is 0.593. The van der Waals surface area contributed by atoms with Crippen molar-refractivity contribution in [2.75, 3.05) is 6.54 Å². The molecule has 0 rings (SSSR count). The highest BCUT2D eigenvalue weighted by molar-refractivity contribution is 4.81. The molecule has 1 nitrogen and oxygen atoms in total. The molecule has 0 spiro atoms. The van der Waals surface area contributed by atoms with Gasteiger partial charge in [0.25, 0.3) is 0 Å². The van der Waals surface area contributed by atoms with Crippen LogP contribution in [0.1, 0.15) is 39.5 Å². The zero-order chi connectivity index (χ0) is 8.53. The molecule has 0 saturated heterocycles. The van der Waals surface area contributed by atoms with Gasteiger partial charge in [0.05, 0.1) is 0 Å². The van der Waals surface area contributed by atoms with Crippen LogP contribution in [-0.2, 0) is 0 Å². The van der Waals surface area contributed by atoms with Crippen molar-refractivity contribution in [3.63, 3.8) is 0 Å². The van der Waals surface area contributed by atoms with E-state index in [-0.39, 0.29) is 0 Å². The van der Waals surface area contributed by atoms with E-state index in [1.165, 1.54) is 12.8 Å². The maximum Gasteiger partial charge on any atom is -0.00743 e. The summed E-state index contributed by atoms with van der Waals surface area (Å²) in [6.07, 6.45) is 9.32. The molecule has 2 N–H and O–H groups in total. The van der Waals surface area contributed by atoms with Crippen LogP contribution in [0.4, 0.5) is 0 Å². The minimum Gasteiger partial charge on any atom is -0.330 e. The van der Waals surface area contributed by atoms with Crippen LogP contribution in [0.2, 0.25) is 0 Å². The van der Waals surface area contributed by atoms with Gasteiger partial charge in [0.2, 0.25) is 0 Å². The van der Waals surface area contributed by atoms with Gasteiger partial charge < -0.3 is 5.73 Å². The van der Waals surface area contributed by atoms with E-state index in [0.717, 1.165) is 25.3 Å². The third-order valence-corrected chi connectivity index (χ3v) is 1.65. The quantitative estimate of drug-likeness (QED) is 0.463. The molecule has 0 aromatic heterocycles. The Bertz CT molecular complexity index is 95.0. The molecule has 0 atom stereocenters. The highest BCUT2D eigenvalue weighted by Gasteiger charge is 1.88. The summed E-state index contributed by atoms with van der Waals surface area (Å²) in [5.74, 6) is 0.828. The second-order valence-corrected chi connectivity index (χ2v) is 3.37. The van der Waals surface area contributed by atoms with Crippen LogP contribution in [0.15, 0.2) is 12.2 Å². The largest absolute Gasteiger partial charge is 0.330 e. The Morgan fingerprint density at radius 1 is 1.18 bits per heavy atom. The maximum atomic E-state index is 5.36. The average Bonchev–Trinajstić information content (AvgIpc) is 1.96. The molecule has 11 heavy (non-hydrogen) atoms. The maximum absolute atomic E-state index is 5.36. The molecular formula is C10H21N. The van der Waals surface area contributed by atoms with Crippen LogP contribution >= 0.6 is 0 Å². The van der Waals surface area contributed by atoms with Crippen LogP contribution in [0.25, 0.3) is 0 Å². The summed E-state index contributed by atoms with van der Waals surface area (Å²) < 4.78 is 0. The van der Waals surface area contributed by atoms with Crippen LogP contribution in [0.5, 0.6) is 0 Å². The lowest BCUT2D eigenvalue weighted by Crippen LogP contribution is -1.96. The summed E-state index contributed by atoms with van der Waals surface area (Å²) in [4.78, 5) is 0. The van der Waals surface area contributed by atoms with Crippen LogP contribution < -0.4 is 5.73 Å². The Labute approximate surface area is 70.7 Å². The Balaban J connectivity index is 3.03. The van der Waals surface area contributed by atoms with Gasteiger partial charge in [0, 0.05) is 0 Å². The SMILES string of the molecule is CC(C)CCC=CCCCN. The van der Waals surface area contributed by atoms with Crippen LogP contribution in [0, 0.1) is 5.92 Å². The molecule has 0 bridgehead atoms. The van der Waals surface area contributed by atoms with Gasteiger partial charge in [-0.15, -0.1) is 0 Å². The van der Waals surface area contributed by atoms with Gasteiger partial charge in [-0.05, 0) is 38.1 Å². The molecule has 0 aliphatic rings. The number of hydrogen-bond donors (Lipinski definition) is 1. The fourth-order valence-electron chi connectivity index (χ4n) is 0.901. The smallest absolute Gasteiger partial charge is 0.00743 e. The Hall–Kier alpha value is -0.300. The lowest BCUT2D eigenvalue weighted by atomic mass is 10.1. The van der Waals surface area contributed by atoms with Crippen molar-refractivity contribution in [1.29, 1.82) is 0 Å². The molecule has 0 unspecified atom stereocenters. The molecular weight excluding hydrogens is 134 g/mol. The fraction of sp³-hybridized carbons (Fsp3) is 0.800. The highest BCUT2D eigenvalue weighted by Crippen LogP contribution is 2.04. The van der Waals surface area contributed by atoms with Crippen molar-refractivity contribution in [2.24, 2.45) is 11.7 Å². The molecule has 0 amide bonds. The van der Waals surface area contributed by atoms with Gasteiger partial charge >= 0.3 is 0 Å². The van der Waals surface area contributed by atoms with Crippen molar-refractivity contribution in [3.05, 3.63) is 12.2 Å². The van der Waals surface area contributed by atoms with Gasteiger partial charge in [-0.25, -0.2) is 0 Å². The van der Waals surface area contributed by atoms with Crippen molar-refractivity contribution in [2.45, 2.75) is 39.5 Å². The molecule has 0 aliphatic carbocycles. The Morgan fingerprint density at radius 3 is 2.36 bits per heavy atom. The van der Waals surface area contributed by atoms with Gasteiger partial charge in [0.1, 0.15) is 0 Å². The van der Waals surface area contributed by atoms with Crippen molar-refractivity contribution in [1.82, 2.24) is 0 Å². The van der Waals surface area contributed by atoms with E-state index in [9.17, 15) is 0 Å². The normalized spacial score (nSPS) is 11.6. The van der Waals surface area contributed by atoms with E-state index >= 15 is 0 Å². The number of hydrogen-bond acceptors (Lipinski definition) is 1. The van der Waals surface area contributed by atoms with E-state index in [1.54, 1.807) is 0 Å². The highest BCUT2D eigenvalue weighted by atomic mass is 14.5.